The maximum Gasteiger partial charge on any atom is 0.251 e. The van der Waals surface area contributed by atoms with Crippen molar-refractivity contribution in [3.63, 3.8) is 0 Å². The lowest BCUT2D eigenvalue weighted by atomic mass is 9.94. The SMILES string of the molecule is Cc1ccc(F)cc1C(Cl)c1ccc2c(c1)C(=O)NCC2. The van der Waals surface area contributed by atoms with E-state index in [1.807, 2.05) is 25.1 Å². The summed E-state index contributed by atoms with van der Waals surface area (Å²) in [6, 6.07) is 10.2. The highest BCUT2D eigenvalue weighted by Gasteiger charge is 2.20. The Morgan fingerprint density at radius 1 is 1.24 bits per heavy atom. The standard InChI is InChI=1S/C17H15ClFNO/c1-10-2-5-13(19)9-14(10)16(18)12-4-3-11-6-7-20-17(21)15(11)8-12/h2-5,8-9,16H,6-7H2,1H3,(H,20,21). The molecule has 0 saturated carbocycles. The summed E-state index contributed by atoms with van der Waals surface area (Å²) >= 11 is 6.50. The average Bonchev–Trinajstić information content (AvgIpc) is 2.49. The van der Waals surface area contributed by atoms with Crippen molar-refractivity contribution >= 4 is 17.5 Å². The predicted molar refractivity (Wildman–Crippen MR) is 81.3 cm³/mol. The first kappa shape index (κ1) is 14.1. The zero-order valence-corrected chi connectivity index (χ0v) is 12.4. The fourth-order valence-corrected chi connectivity index (χ4v) is 3.02. The van der Waals surface area contributed by atoms with Crippen molar-refractivity contribution in [2.75, 3.05) is 6.54 Å². The van der Waals surface area contributed by atoms with Crippen LogP contribution in [0.2, 0.25) is 0 Å². The quantitative estimate of drug-likeness (QED) is 0.841. The highest BCUT2D eigenvalue weighted by atomic mass is 35.5. The van der Waals surface area contributed by atoms with Gasteiger partial charge in [0.2, 0.25) is 0 Å². The van der Waals surface area contributed by atoms with Gasteiger partial charge in [-0.3, -0.25) is 4.79 Å². The molecule has 1 aliphatic rings. The average molecular weight is 304 g/mol. The van der Waals surface area contributed by atoms with E-state index in [-0.39, 0.29) is 11.7 Å². The fourth-order valence-electron chi connectivity index (χ4n) is 2.65. The number of hydrogen-bond acceptors (Lipinski definition) is 1. The van der Waals surface area contributed by atoms with Crippen LogP contribution in [0.5, 0.6) is 0 Å². The van der Waals surface area contributed by atoms with Gasteiger partial charge in [-0.1, -0.05) is 18.2 Å². The number of halogens is 2. The van der Waals surface area contributed by atoms with E-state index in [2.05, 4.69) is 5.32 Å². The van der Waals surface area contributed by atoms with E-state index >= 15 is 0 Å². The number of hydrogen-bond donors (Lipinski definition) is 1. The maximum absolute atomic E-state index is 13.4. The van der Waals surface area contributed by atoms with Gasteiger partial charge in [-0.05, 0) is 53.8 Å². The Morgan fingerprint density at radius 2 is 2.05 bits per heavy atom. The van der Waals surface area contributed by atoms with Gasteiger partial charge in [0.15, 0.2) is 0 Å². The van der Waals surface area contributed by atoms with Crippen LogP contribution in [0, 0.1) is 12.7 Å². The van der Waals surface area contributed by atoms with Gasteiger partial charge >= 0.3 is 0 Å². The highest BCUT2D eigenvalue weighted by molar-refractivity contribution is 6.22. The first-order valence-corrected chi connectivity index (χ1v) is 7.31. The van der Waals surface area contributed by atoms with E-state index in [1.54, 1.807) is 6.07 Å². The van der Waals surface area contributed by atoms with Crippen molar-refractivity contribution in [1.82, 2.24) is 5.32 Å². The Balaban J connectivity index is 2.02. The molecular weight excluding hydrogens is 289 g/mol. The van der Waals surface area contributed by atoms with Gasteiger partial charge in [-0.15, -0.1) is 11.6 Å². The molecule has 2 nitrogen and oxygen atoms in total. The summed E-state index contributed by atoms with van der Waals surface area (Å²) in [5, 5.41) is 2.35. The largest absolute Gasteiger partial charge is 0.352 e. The van der Waals surface area contributed by atoms with Gasteiger partial charge in [0, 0.05) is 12.1 Å². The summed E-state index contributed by atoms with van der Waals surface area (Å²) in [7, 11) is 0. The molecule has 2 aromatic carbocycles. The second kappa shape index (κ2) is 5.49. The number of nitrogens with one attached hydrogen (secondary N) is 1. The number of fused-ring (bicyclic) bond motifs is 1. The Hall–Kier alpha value is -1.87. The fraction of sp³-hybridized carbons (Fsp3) is 0.235. The van der Waals surface area contributed by atoms with Crippen molar-refractivity contribution < 1.29 is 9.18 Å². The third-order valence-electron chi connectivity index (χ3n) is 3.87. The minimum Gasteiger partial charge on any atom is -0.352 e. The van der Waals surface area contributed by atoms with Crippen LogP contribution in [0.1, 0.15) is 38.0 Å². The number of amides is 1. The van der Waals surface area contributed by atoms with E-state index in [9.17, 15) is 9.18 Å². The number of carbonyl (C=O) groups excluding carboxylic acids is 1. The molecule has 4 heteroatoms. The molecule has 0 saturated heterocycles. The molecule has 3 rings (SSSR count). The van der Waals surface area contributed by atoms with Gasteiger partial charge in [0.05, 0.1) is 5.38 Å². The molecule has 0 radical (unpaired) electrons. The van der Waals surface area contributed by atoms with Crippen LogP contribution >= 0.6 is 11.6 Å². The van der Waals surface area contributed by atoms with Crippen LogP contribution in [0.15, 0.2) is 36.4 Å². The summed E-state index contributed by atoms with van der Waals surface area (Å²) in [6.45, 7) is 2.56. The second-order valence-electron chi connectivity index (χ2n) is 5.29. The zero-order valence-electron chi connectivity index (χ0n) is 11.6. The van der Waals surface area contributed by atoms with Crippen LogP contribution < -0.4 is 5.32 Å². The molecular formula is C17H15ClFNO. The van der Waals surface area contributed by atoms with Gasteiger partial charge in [0.25, 0.3) is 5.91 Å². The minimum absolute atomic E-state index is 0.0714. The lowest BCUT2D eigenvalue weighted by molar-refractivity contribution is 0.0946. The van der Waals surface area contributed by atoms with E-state index in [0.29, 0.717) is 12.1 Å². The topological polar surface area (TPSA) is 29.1 Å². The number of alkyl halides is 1. The van der Waals surface area contributed by atoms with Crippen molar-refractivity contribution in [3.05, 3.63) is 70.0 Å². The predicted octanol–water partition coefficient (Wildman–Crippen LogP) is 3.75. The third kappa shape index (κ3) is 2.66. The lowest BCUT2D eigenvalue weighted by Gasteiger charge is -2.19. The molecule has 0 aliphatic carbocycles. The third-order valence-corrected chi connectivity index (χ3v) is 4.35. The Labute approximate surface area is 127 Å². The van der Waals surface area contributed by atoms with Gasteiger partial charge in [-0.25, -0.2) is 4.39 Å². The molecule has 1 amide bonds. The van der Waals surface area contributed by atoms with Gasteiger partial charge < -0.3 is 5.32 Å². The van der Waals surface area contributed by atoms with Crippen molar-refractivity contribution in [2.45, 2.75) is 18.7 Å². The van der Waals surface area contributed by atoms with Crippen LogP contribution in [0.3, 0.4) is 0 Å². The molecule has 0 spiro atoms. The number of aryl methyl sites for hydroxylation is 1. The molecule has 1 aliphatic heterocycles. The van der Waals surface area contributed by atoms with Crippen molar-refractivity contribution in [2.24, 2.45) is 0 Å². The molecule has 1 unspecified atom stereocenters. The van der Waals surface area contributed by atoms with Gasteiger partial charge in [0.1, 0.15) is 5.82 Å². The number of benzene rings is 2. The lowest BCUT2D eigenvalue weighted by Crippen LogP contribution is -2.31. The maximum atomic E-state index is 13.4. The normalized spacial score (nSPS) is 15.3. The molecule has 0 bridgehead atoms. The molecule has 1 atom stereocenters. The molecule has 21 heavy (non-hydrogen) atoms. The molecule has 1 N–H and O–H groups in total. The molecule has 108 valence electrons. The Bertz CT molecular complexity index is 714. The number of carbonyl (C=O) groups is 1. The molecule has 2 aromatic rings. The zero-order chi connectivity index (χ0) is 15.0. The highest BCUT2D eigenvalue weighted by Crippen LogP contribution is 2.33. The minimum atomic E-state index is -0.472. The second-order valence-corrected chi connectivity index (χ2v) is 5.72. The summed E-state index contributed by atoms with van der Waals surface area (Å²) in [5.74, 6) is -0.380. The summed E-state index contributed by atoms with van der Waals surface area (Å²) in [4.78, 5) is 11.9. The molecule has 0 aromatic heterocycles. The van der Waals surface area contributed by atoms with Crippen LogP contribution in [-0.4, -0.2) is 12.5 Å². The molecule has 0 fully saturated rings. The summed E-state index contributed by atoms with van der Waals surface area (Å²) in [5.41, 5.74) is 4.16. The van der Waals surface area contributed by atoms with Crippen molar-refractivity contribution in [1.29, 1.82) is 0 Å². The molecule has 1 heterocycles. The monoisotopic (exact) mass is 303 g/mol. The number of rotatable bonds is 2. The van der Waals surface area contributed by atoms with E-state index in [1.165, 1.54) is 12.1 Å². The first-order valence-electron chi connectivity index (χ1n) is 6.87. The summed E-state index contributed by atoms with van der Waals surface area (Å²) in [6.07, 6.45) is 0.827. The van der Waals surface area contributed by atoms with Crippen LogP contribution in [-0.2, 0) is 6.42 Å². The van der Waals surface area contributed by atoms with E-state index in [0.717, 1.165) is 28.7 Å². The van der Waals surface area contributed by atoms with E-state index < -0.39 is 5.38 Å². The first-order chi connectivity index (χ1) is 10.1. The Morgan fingerprint density at radius 3 is 2.86 bits per heavy atom. The smallest absolute Gasteiger partial charge is 0.251 e. The van der Waals surface area contributed by atoms with Gasteiger partial charge in [-0.2, -0.15) is 0 Å². The van der Waals surface area contributed by atoms with Crippen LogP contribution in [0.4, 0.5) is 4.39 Å². The summed E-state index contributed by atoms with van der Waals surface area (Å²) < 4.78 is 13.4. The van der Waals surface area contributed by atoms with Crippen molar-refractivity contribution in [3.8, 4) is 0 Å². The van der Waals surface area contributed by atoms with Crippen LogP contribution in [0.25, 0.3) is 0 Å². The Kier molecular flexibility index (Phi) is 3.68. The van der Waals surface area contributed by atoms with E-state index in [4.69, 9.17) is 11.6 Å².